The van der Waals surface area contributed by atoms with Gasteiger partial charge in [-0.2, -0.15) is 0 Å². The van der Waals surface area contributed by atoms with Crippen LogP contribution < -0.4 is 5.32 Å². The second-order valence-corrected chi connectivity index (χ2v) is 8.34. The monoisotopic (exact) mass is 386 g/mol. The third-order valence-electron chi connectivity index (χ3n) is 4.98. The van der Waals surface area contributed by atoms with E-state index in [1.54, 1.807) is 12.1 Å². The predicted octanol–water partition coefficient (Wildman–Crippen LogP) is 4.47. The van der Waals surface area contributed by atoms with Gasteiger partial charge in [0.15, 0.2) is 0 Å². The lowest BCUT2D eigenvalue weighted by Crippen LogP contribution is -2.32. The van der Waals surface area contributed by atoms with Gasteiger partial charge < -0.3 is 5.32 Å². The first kappa shape index (κ1) is 19.9. The largest absolute Gasteiger partial charge is 0.351 e. The number of piperidine rings is 1. The van der Waals surface area contributed by atoms with Gasteiger partial charge in [-0.1, -0.05) is 31.2 Å². The number of nitrogens with one attached hydrogen (secondary N) is 1. The summed E-state index contributed by atoms with van der Waals surface area (Å²) in [6.07, 6.45) is 2.58. The number of thioether (sulfide) groups is 1. The van der Waals surface area contributed by atoms with Gasteiger partial charge in [0.05, 0.1) is 5.75 Å². The molecule has 1 heterocycles. The fourth-order valence-corrected chi connectivity index (χ4v) is 3.90. The lowest BCUT2D eigenvalue weighted by Gasteiger charge is -2.30. The highest BCUT2D eigenvalue weighted by Gasteiger charge is 2.15. The minimum absolute atomic E-state index is 0.0177. The first-order valence-corrected chi connectivity index (χ1v) is 10.5. The van der Waals surface area contributed by atoms with Crippen molar-refractivity contribution in [2.24, 2.45) is 5.92 Å². The molecule has 0 aromatic heterocycles. The number of likely N-dealkylation sites (tertiary alicyclic amines) is 1. The smallest absolute Gasteiger partial charge is 0.230 e. The van der Waals surface area contributed by atoms with E-state index < -0.39 is 0 Å². The lowest BCUT2D eigenvalue weighted by molar-refractivity contribution is -0.118. The van der Waals surface area contributed by atoms with Crippen molar-refractivity contribution in [3.8, 4) is 0 Å². The maximum atomic E-state index is 12.9. The van der Waals surface area contributed by atoms with Gasteiger partial charge in [0.2, 0.25) is 5.91 Å². The van der Waals surface area contributed by atoms with E-state index in [9.17, 15) is 9.18 Å². The Morgan fingerprint density at radius 2 is 1.70 bits per heavy atom. The Balaban J connectivity index is 1.39. The Labute approximate surface area is 165 Å². The molecule has 1 fully saturated rings. The second kappa shape index (κ2) is 9.90. The lowest BCUT2D eigenvalue weighted by atomic mass is 9.99. The molecule has 0 unspecified atom stereocenters. The van der Waals surface area contributed by atoms with E-state index in [1.807, 2.05) is 0 Å². The maximum absolute atomic E-state index is 12.9. The molecule has 1 aliphatic rings. The molecule has 2 aromatic carbocycles. The van der Waals surface area contributed by atoms with E-state index >= 15 is 0 Å². The Morgan fingerprint density at radius 3 is 2.37 bits per heavy atom. The van der Waals surface area contributed by atoms with Gasteiger partial charge in [-0.3, -0.25) is 9.69 Å². The molecular formula is C22H27FN2OS. The minimum atomic E-state index is -0.262. The fraction of sp³-hybridized carbons (Fsp3) is 0.409. The van der Waals surface area contributed by atoms with Crippen LogP contribution in [0, 0.1) is 11.7 Å². The summed E-state index contributed by atoms with van der Waals surface area (Å²) < 4.78 is 12.9. The summed E-state index contributed by atoms with van der Waals surface area (Å²) in [6, 6.07) is 14.7. The molecule has 5 heteroatoms. The first-order chi connectivity index (χ1) is 13.1. The van der Waals surface area contributed by atoms with Crippen LogP contribution in [0.1, 0.15) is 30.9 Å². The van der Waals surface area contributed by atoms with Crippen molar-refractivity contribution in [1.29, 1.82) is 0 Å². The molecule has 27 heavy (non-hydrogen) atoms. The standard InChI is InChI=1S/C22H27FN2OS/c1-17-10-12-25(13-11-17)15-19-4-2-18(3-5-19)14-24-22(26)16-27-21-8-6-20(23)7-9-21/h2-9,17H,10-16H2,1H3,(H,24,26). The van der Waals surface area contributed by atoms with Crippen LogP contribution in [0.5, 0.6) is 0 Å². The molecule has 0 bridgehead atoms. The molecule has 3 nitrogen and oxygen atoms in total. The van der Waals surface area contributed by atoms with Gasteiger partial charge in [0.1, 0.15) is 5.82 Å². The summed E-state index contributed by atoms with van der Waals surface area (Å²) in [4.78, 5) is 15.4. The van der Waals surface area contributed by atoms with Crippen LogP contribution in [-0.4, -0.2) is 29.6 Å². The average molecular weight is 387 g/mol. The molecule has 0 spiro atoms. The van der Waals surface area contributed by atoms with Gasteiger partial charge in [-0.15, -0.1) is 11.8 Å². The maximum Gasteiger partial charge on any atom is 0.230 e. The average Bonchev–Trinajstić information content (AvgIpc) is 2.69. The quantitative estimate of drug-likeness (QED) is 0.713. The minimum Gasteiger partial charge on any atom is -0.351 e. The van der Waals surface area contributed by atoms with Crippen molar-refractivity contribution in [2.75, 3.05) is 18.8 Å². The number of carbonyl (C=O) groups is 1. The molecule has 1 N–H and O–H groups in total. The molecule has 3 rings (SSSR count). The summed E-state index contributed by atoms with van der Waals surface area (Å²) in [5.41, 5.74) is 2.43. The van der Waals surface area contributed by atoms with Crippen LogP contribution in [0.3, 0.4) is 0 Å². The third kappa shape index (κ3) is 6.67. The van der Waals surface area contributed by atoms with Gasteiger partial charge in [-0.25, -0.2) is 4.39 Å². The second-order valence-electron chi connectivity index (χ2n) is 7.29. The van der Waals surface area contributed by atoms with Crippen molar-refractivity contribution >= 4 is 17.7 Å². The molecule has 0 aliphatic carbocycles. The number of hydrogen-bond acceptors (Lipinski definition) is 3. The topological polar surface area (TPSA) is 32.3 Å². The number of carbonyl (C=O) groups excluding carboxylic acids is 1. The first-order valence-electron chi connectivity index (χ1n) is 9.54. The summed E-state index contributed by atoms with van der Waals surface area (Å²) in [7, 11) is 0. The van der Waals surface area contributed by atoms with Crippen molar-refractivity contribution in [2.45, 2.75) is 37.8 Å². The van der Waals surface area contributed by atoms with E-state index in [0.29, 0.717) is 12.3 Å². The normalized spacial score (nSPS) is 15.6. The Kier molecular flexibility index (Phi) is 7.30. The summed E-state index contributed by atoms with van der Waals surface area (Å²) in [6.45, 7) is 6.24. The molecule has 0 atom stereocenters. The number of rotatable bonds is 7. The SMILES string of the molecule is CC1CCN(Cc2ccc(CNC(=O)CSc3ccc(F)cc3)cc2)CC1. The van der Waals surface area contributed by atoms with Crippen LogP contribution in [0.4, 0.5) is 4.39 Å². The third-order valence-corrected chi connectivity index (χ3v) is 5.99. The molecule has 144 valence electrons. The highest BCUT2D eigenvalue weighted by Crippen LogP contribution is 2.19. The highest BCUT2D eigenvalue weighted by molar-refractivity contribution is 8.00. The van der Waals surface area contributed by atoms with E-state index in [-0.39, 0.29) is 11.7 Å². The van der Waals surface area contributed by atoms with Crippen molar-refractivity contribution in [3.05, 3.63) is 65.5 Å². The zero-order valence-electron chi connectivity index (χ0n) is 15.8. The Bertz CT molecular complexity index is 725. The molecule has 1 aliphatic heterocycles. The number of halogens is 1. The molecule has 1 saturated heterocycles. The Hall–Kier alpha value is -1.85. The summed E-state index contributed by atoms with van der Waals surface area (Å²) >= 11 is 1.41. The molecule has 2 aromatic rings. The highest BCUT2D eigenvalue weighted by atomic mass is 32.2. The molecule has 0 saturated carbocycles. The van der Waals surface area contributed by atoms with Gasteiger partial charge in [-0.05, 0) is 67.2 Å². The van der Waals surface area contributed by atoms with Crippen LogP contribution in [0.2, 0.25) is 0 Å². The van der Waals surface area contributed by atoms with E-state index in [2.05, 4.69) is 41.4 Å². The fourth-order valence-electron chi connectivity index (χ4n) is 3.17. The van der Waals surface area contributed by atoms with E-state index in [4.69, 9.17) is 0 Å². The summed E-state index contributed by atoms with van der Waals surface area (Å²) in [5, 5.41) is 2.94. The molecule has 1 amide bonds. The van der Waals surface area contributed by atoms with Crippen LogP contribution in [-0.2, 0) is 17.9 Å². The van der Waals surface area contributed by atoms with Crippen LogP contribution >= 0.6 is 11.8 Å². The van der Waals surface area contributed by atoms with Gasteiger partial charge in [0, 0.05) is 18.0 Å². The van der Waals surface area contributed by atoms with Crippen molar-refractivity contribution in [3.63, 3.8) is 0 Å². The van der Waals surface area contributed by atoms with E-state index in [1.165, 1.54) is 55.4 Å². The number of nitrogens with zero attached hydrogens (tertiary/aromatic N) is 1. The van der Waals surface area contributed by atoms with Crippen LogP contribution in [0.25, 0.3) is 0 Å². The number of benzene rings is 2. The van der Waals surface area contributed by atoms with Gasteiger partial charge >= 0.3 is 0 Å². The number of amides is 1. The molecular weight excluding hydrogens is 359 g/mol. The zero-order chi connectivity index (χ0) is 19.1. The van der Waals surface area contributed by atoms with Gasteiger partial charge in [0.25, 0.3) is 0 Å². The van der Waals surface area contributed by atoms with Crippen molar-refractivity contribution in [1.82, 2.24) is 10.2 Å². The summed E-state index contributed by atoms with van der Waals surface area (Å²) in [5.74, 6) is 0.906. The predicted molar refractivity (Wildman–Crippen MR) is 109 cm³/mol. The number of hydrogen-bond donors (Lipinski definition) is 1. The van der Waals surface area contributed by atoms with Crippen molar-refractivity contribution < 1.29 is 9.18 Å². The Morgan fingerprint density at radius 1 is 1.07 bits per heavy atom. The van der Waals surface area contributed by atoms with E-state index in [0.717, 1.165) is 22.9 Å². The molecule has 0 radical (unpaired) electrons. The zero-order valence-corrected chi connectivity index (χ0v) is 16.6. The van der Waals surface area contributed by atoms with Crippen LogP contribution in [0.15, 0.2) is 53.4 Å².